The number of nitrogens with zero attached hydrogens (tertiary/aromatic N) is 6. The van der Waals surface area contributed by atoms with Crippen molar-refractivity contribution in [2.75, 3.05) is 26.2 Å². The van der Waals surface area contributed by atoms with E-state index in [1.807, 2.05) is 42.5 Å². The third kappa shape index (κ3) is 6.87. The average Bonchev–Trinajstić information content (AvgIpc) is 3.45. The van der Waals surface area contributed by atoms with Crippen LogP contribution in [0.25, 0.3) is 38.9 Å². The summed E-state index contributed by atoms with van der Waals surface area (Å²) in [7, 11) is 0. The van der Waals surface area contributed by atoms with Crippen LogP contribution >= 0.6 is 0 Å². The third-order valence-electron chi connectivity index (χ3n) is 10.2. The monoisotopic (exact) mass is 698 g/mol. The van der Waals surface area contributed by atoms with Gasteiger partial charge in [-0.1, -0.05) is 48.5 Å². The minimum Gasteiger partial charge on any atom is -0.348 e. The Morgan fingerprint density at radius 3 is 2.48 bits per heavy atom. The number of carbonyl (C=O) groups excluding carboxylic acids is 1. The highest BCUT2D eigenvalue weighted by atomic mass is 19.1. The van der Waals surface area contributed by atoms with Gasteiger partial charge in [0, 0.05) is 31.7 Å². The van der Waals surface area contributed by atoms with Crippen molar-refractivity contribution >= 4 is 28.0 Å². The van der Waals surface area contributed by atoms with E-state index in [9.17, 15) is 18.8 Å². The molecule has 1 saturated carbocycles. The van der Waals surface area contributed by atoms with Crippen molar-refractivity contribution < 1.29 is 9.18 Å². The number of amides is 1. The summed E-state index contributed by atoms with van der Waals surface area (Å²) in [6.45, 7) is 5.03. The van der Waals surface area contributed by atoms with Crippen LogP contribution in [0.2, 0.25) is 0 Å². The summed E-state index contributed by atoms with van der Waals surface area (Å²) in [6.07, 6.45) is 5.66. The molecule has 8 rings (SSSR count). The number of hydrogen-bond acceptors (Lipinski definition) is 8. The minimum absolute atomic E-state index is 0.0309. The van der Waals surface area contributed by atoms with Gasteiger partial charge >= 0.3 is 5.69 Å². The summed E-state index contributed by atoms with van der Waals surface area (Å²) in [5.74, 6) is -0.979. The second-order valence-corrected chi connectivity index (χ2v) is 13.7. The molecule has 2 N–H and O–H groups in total. The molecule has 1 aliphatic heterocycles. The number of pyridine rings is 1. The van der Waals surface area contributed by atoms with Crippen LogP contribution in [0.1, 0.15) is 54.2 Å². The Hall–Kier alpha value is -5.59. The van der Waals surface area contributed by atoms with Gasteiger partial charge in [0.2, 0.25) is 0 Å². The van der Waals surface area contributed by atoms with Crippen LogP contribution in [0.3, 0.4) is 0 Å². The average molecular weight is 699 g/mol. The summed E-state index contributed by atoms with van der Waals surface area (Å²) in [4.78, 5) is 56.8. The number of benzene rings is 3. The number of halogens is 1. The van der Waals surface area contributed by atoms with Crippen molar-refractivity contribution in [3.8, 4) is 16.8 Å². The molecule has 1 saturated heterocycles. The molecule has 2 fully saturated rings. The molecule has 6 aromatic rings. The van der Waals surface area contributed by atoms with E-state index in [1.54, 1.807) is 6.07 Å². The van der Waals surface area contributed by atoms with Crippen LogP contribution in [-0.2, 0) is 6.54 Å². The number of fused-ring (bicyclic) bond motifs is 2. The Labute approximate surface area is 299 Å². The summed E-state index contributed by atoms with van der Waals surface area (Å²) in [5.41, 5.74) is 4.22. The number of carbonyl (C=O) groups is 1. The van der Waals surface area contributed by atoms with Crippen LogP contribution in [0.15, 0.2) is 101 Å². The largest absolute Gasteiger partial charge is 0.348 e. The zero-order chi connectivity index (χ0) is 35.6. The van der Waals surface area contributed by atoms with E-state index in [0.29, 0.717) is 42.4 Å². The van der Waals surface area contributed by atoms with Crippen molar-refractivity contribution in [1.29, 1.82) is 0 Å². The van der Waals surface area contributed by atoms with E-state index in [2.05, 4.69) is 54.8 Å². The SMILES string of the molecule is O=C(N[C@H]1CC[C@@H](n2c(=O)c3cc(F)cnc3n(-c3cccc(-c4ccc(CN5CCCNCC5)cc4)c3)c2=O)CC1)c1cnc2ccccc2n1. The van der Waals surface area contributed by atoms with E-state index in [1.165, 1.54) is 20.9 Å². The van der Waals surface area contributed by atoms with E-state index in [4.69, 9.17) is 0 Å². The zero-order valence-electron chi connectivity index (χ0n) is 28.7. The van der Waals surface area contributed by atoms with E-state index < -0.39 is 23.1 Å². The van der Waals surface area contributed by atoms with Crippen LogP contribution in [0.4, 0.5) is 4.39 Å². The van der Waals surface area contributed by atoms with Crippen LogP contribution < -0.4 is 21.9 Å². The van der Waals surface area contributed by atoms with Gasteiger partial charge in [-0.3, -0.25) is 24.0 Å². The van der Waals surface area contributed by atoms with Gasteiger partial charge in [0.15, 0.2) is 5.65 Å². The molecule has 3 aromatic heterocycles. The third-order valence-corrected chi connectivity index (χ3v) is 10.2. The van der Waals surface area contributed by atoms with Gasteiger partial charge in [0.05, 0.1) is 34.5 Å². The first kappa shape index (κ1) is 33.5. The minimum atomic E-state index is -0.658. The summed E-state index contributed by atoms with van der Waals surface area (Å²) in [5, 5.41) is 6.52. The number of rotatable bonds is 7. The molecule has 11 nitrogen and oxygen atoms in total. The molecule has 264 valence electrons. The smallest absolute Gasteiger partial charge is 0.337 e. The summed E-state index contributed by atoms with van der Waals surface area (Å²) >= 11 is 0. The Morgan fingerprint density at radius 1 is 0.846 bits per heavy atom. The molecule has 0 radical (unpaired) electrons. The van der Waals surface area contributed by atoms with Gasteiger partial charge in [0.25, 0.3) is 11.5 Å². The highest BCUT2D eigenvalue weighted by molar-refractivity contribution is 5.94. The lowest BCUT2D eigenvalue weighted by molar-refractivity contribution is 0.0917. The first-order valence-electron chi connectivity index (χ1n) is 17.9. The topological polar surface area (TPSA) is 127 Å². The fourth-order valence-electron chi connectivity index (χ4n) is 7.49. The van der Waals surface area contributed by atoms with Gasteiger partial charge in [-0.25, -0.2) is 23.7 Å². The van der Waals surface area contributed by atoms with Crippen LogP contribution in [0.5, 0.6) is 0 Å². The molecule has 1 amide bonds. The quantitative estimate of drug-likeness (QED) is 0.239. The molecule has 2 aliphatic rings. The Morgan fingerprint density at radius 2 is 1.65 bits per heavy atom. The second kappa shape index (κ2) is 14.6. The van der Waals surface area contributed by atoms with E-state index in [-0.39, 0.29) is 28.7 Å². The zero-order valence-corrected chi connectivity index (χ0v) is 28.7. The molecule has 1 aliphatic carbocycles. The maximum absolute atomic E-state index is 14.6. The molecule has 0 bridgehead atoms. The predicted octanol–water partition coefficient (Wildman–Crippen LogP) is 5.01. The highest BCUT2D eigenvalue weighted by Crippen LogP contribution is 2.29. The lowest BCUT2D eigenvalue weighted by Crippen LogP contribution is -2.45. The lowest BCUT2D eigenvalue weighted by Gasteiger charge is -2.30. The molecule has 0 unspecified atom stereocenters. The standard InChI is InChI=1S/C40H39FN8O3/c41-29-22-33-37(44-23-29)48(32-6-3-5-28(21-32)27-11-9-26(10-12-27)25-47-19-4-17-42-18-20-47)40(52)49(39(33)51)31-15-13-30(14-16-31)45-38(50)36-24-43-34-7-1-2-8-35(34)46-36/h1-3,5-12,21-24,30-31,42H,4,13-20,25H2,(H,45,50)/t30-,31+. The lowest BCUT2D eigenvalue weighted by atomic mass is 9.90. The Balaban J connectivity index is 1.05. The van der Waals surface area contributed by atoms with Crippen molar-refractivity contribution in [2.45, 2.75) is 50.7 Å². The van der Waals surface area contributed by atoms with Gasteiger partial charge in [-0.2, -0.15) is 0 Å². The normalized spacial score (nSPS) is 18.3. The molecular formula is C40H39FN8O3. The summed E-state index contributed by atoms with van der Waals surface area (Å²) in [6, 6.07) is 23.9. The van der Waals surface area contributed by atoms with Gasteiger partial charge in [-0.05, 0) is 92.2 Å². The predicted molar refractivity (Wildman–Crippen MR) is 198 cm³/mol. The van der Waals surface area contributed by atoms with Crippen molar-refractivity contribution in [3.05, 3.63) is 129 Å². The number of aromatic nitrogens is 5. The first-order chi connectivity index (χ1) is 25.4. The second-order valence-electron chi connectivity index (χ2n) is 13.7. The fraction of sp³-hybridized carbons (Fsp3) is 0.300. The molecular weight excluding hydrogens is 659 g/mol. The first-order valence-corrected chi connectivity index (χ1v) is 17.9. The maximum Gasteiger partial charge on any atom is 0.337 e. The van der Waals surface area contributed by atoms with Gasteiger partial charge in [-0.15, -0.1) is 0 Å². The molecule has 52 heavy (non-hydrogen) atoms. The molecule has 0 atom stereocenters. The maximum atomic E-state index is 14.6. The van der Waals surface area contributed by atoms with Gasteiger partial charge < -0.3 is 10.6 Å². The Bertz CT molecular complexity index is 2380. The van der Waals surface area contributed by atoms with E-state index >= 15 is 0 Å². The fourth-order valence-corrected chi connectivity index (χ4v) is 7.49. The van der Waals surface area contributed by atoms with Crippen LogP contribution in [-0.4, -0.2) is 67.1 Å². The summed E-state index contributed by atoms with van der Waals surface area (Å²) < 4.78 is 17.2. The number of para-hydroxylation sites is 2. The van der Waals surface area contributed by atoms with Gasteiger partial charge in [0.1, 0.15) is 11.5 Å². The van der Waals surface area contributed by atoms with Crippen molar-refractivity contribution in [2.24, 2.45) is 0 Å². The highest BCUT2D eigenvalue weighted by Gasteiger charge is 2.28. The molecule has 4 heterocycles. The number of hydrogen-bond donors (Lipinski definition) is 2. The van der Waals surface area contributed by atoms with Crippen LogP contribution in [0, 0.1) is 5.82 Å². The van der Waals surface area contributed by atoms with Crippen molar-refractivity contribution in [3.63, 3.8) is 0 Å². The van der Waals surface area contributed by atoms with E-state index in [0.717, 1.165) is 62.5 Å². The molecule has 12 heteroatoms. The Kier molecular flexibility index (Phi) is 9.40. The number of nitrogens with one attached hydrogen (secondary N) is 2. The molecule has 0 spiro atoms. The molecule has 3 aromatic carbocycles. The van der Waals surface area contributed by atoms with Crippen molar-refractivity contribution in [1.82, 2.24) is 39.6 Å².